The van der Waals surface area contributed by atoms with Crippen molar-refractivity contribution in [2.24, 2.45) is 4.99 Å². The van der Waals surface area contributed by atoms with Gasteiger partial charge < -0.3 is 15.4 Å². The van der Waals surface area contributed by atoms with E-state index in [1.165, 1.54) is 5.56 Å². The fourth-order valence-electron chi connectivity index (χ4n) is 2.62. The molecule has 0 bridgehead atoms. The molecule has 0 radical (unpaired) electrons. The van der Waals surface area contributed by atoms with E-state index in [9.17, 15) is 0 Å². The number of guanidine groups is 1. The second kappa shape index (κ2) is 9.13. The van der Waals surface area contributed by atoms with Crippen molar-refractivity contribution in [1.82, 2.24) is 10.6 Å². The Bertz CT molecular complexity index is 683. The van der Waals surface area contributed by atoms with E-state index in [4.69, 9.17) is 16.3 Å². The number of benzene rings is 2. The number of ether oxygens (including phenoxy) is 1. The Morgan fingerprint density at radius 1 is 1.17 bits per heavy atom. The number of nitrogens with one attached hydrogen (secondary N) is 2. The fourth-order valence-corrected chi connectivity index (χ4v) is 2.82. The van der Waals surface area contributed by atoms with Crippen LogP contribution < -0.4 is 15.4 Å². The predicted molar refractivity (Wildman–Crippen MR) is 110 cm³/mol. The summed E-state index contributed by atoms with van der Waals surface area (Å²) in [7, 11) is 1.76. The number of rotatable bonds is 4. The first-order valence-electron chi connectivity index (χ1n) is 7.69. The van der Waals surface area contributed by atoms with Crippen LogP contribution in [0, 0.1) is 0 Å². The number of aliphatic imine (C=N–C) groups is 1. The van der Waals surface area contributed by atoms with Gasteiger partial charge >= 0.3 is 0 Å². The van der Waals surface area contributed by atoms with Gasteiger partial charge in [-0.1, -0.05) is 48.0 Å². The van der Waals surface area contributed by atoms with Crippen LogP contribution in [0.25, 0.3) is 0 Å². The van der Waals surface area contributed by atoms with Crippen molar-refractivity contribution in [2.45, 2.75) is 19.1 Å². The van der Waals surface area contributed by atoms with Gasteiger partial charge in [0.25, 0.3) is 0 Å². The summed E-state index contributed by atoms with van der Waals surface area (Å²) in [6, 6.07) is 16.0. The van der Waals surface area contributed by atoms with E-state index in [1.54, 1.807) is 7.05 Å². The smallest absolute Gasteiger partial charge is 0.191 e. The summed E-state index contributed by atoms with van der Waals surface area (Å²) in [5.41, 5.74) is 2.31. The molecule has 24 heavy (non-hydrogen) atoms. The van der Waals surface area contributed by atoms with Crippen LogP contribution in [0.3, 0.4) is 0 Å². The van der Waals surface area contributed by atoms with E-state index in [0.717, 1.165) is 28.7 Å². The lowest BCUT2D eigenvalue weighted by Gasteiger charge is -2.16. The molecule has 0 amide bonds. The molecule has 1 aliphatic heterocycles. The number of nitrogens with zero attached hydrogens (tertiary/aromatic N) is 1. The Labute approximate surface area is 164 Å². The molecule has 0 saturated carbocycles. The predicted octanol–water partition coefficient (Wildman–Crippen LogP) is 3.63. The van der Waals surface area contributed by atoms with Crippen LogP contribution in [0.15, 0.2) is 53.5 Å². The maximum atomic E-state index is 6.16. The maximum Gasteiger partial charge on any atom is 0.191 e. The molecule has 1 atom stereocenters. The Kier molecular flexibility index (Phi) is 7.17. The summed E-state index contributed by atoms with van der Waals surface area (Å²) in [6.07, 6.45) is 1.05. The molecule has 0 fully saturated rings. The van der Waals surface area contributed by atoms with Gasteiger partial charge in [0.2, 0.25) is 0 Å². The van der Waals surface area contributed by atoms with E-state index in [2.05, 4.69) is 21.7 Å². The molecular formula is C18H21ClIN3O. The number of halogens is 2. The molecule has 6 heteroatoms. The quantitative estimate of drug-likeness (QED) is 0.419. The van der Waals surface area contributed by atoms with Crippen LogP contribution in [0.5, 0.6) is 5.75 Å². The highest BCUT2D eigenvalue weighted by Crippen LogP contribution is 2.27. The highest BCUT2D eigenvalue weighted by Gasteiger charge is 2.22. The summed E-state index contributed by atoms with van der Waals surface area (Å²) in [4.78, 5) is 4.24. The molecule has 2 aromatic rings. The van der Waals surface area contributed by atoms with Crippen LogP contribution >= 0.6 is 35.6 Å². The molecule has 128 valence electrons. The average Bonchev–Trinajstić information content (AvgIpc) is 2.99. The van der Waals surface area contributed by atoms with E-state index in [0.29, 0.717) is 13.1 Å². The van der Waals surface area contributed by atoms with Crippen LogP contribution in [0.2, 0.25) is 5.02 Å². The highest BCUT2D eigenvalue weighted by atomic mass is 127. The minimum atomic E-state index is 0. The van der Waals surface area contributed by atoms with Gasteiger partial charge in [-0.25, -0.2) is 0 Å². The van der Waals surface area contributed by atoms with Gasteiger partial charge in [-0.3, -0.25) is 4.99 Å². The zero-order chi connectivity index (χ0) is 16.1. The van der Waals surface area contributed by atoms with Crippen molar-refractivity contribution in [3.63, 3.8) is 0 Å². The Balaban J connectivity index is 0.00000208. The zero-order valence-electron chi connectivity index (χ0n) is 13.5. The topological polar surface area (TPSA) is 45.7 Å². The van der Waals surface area contributed by atoms with Gasteiger partial charge in [0.05, 0.1) is 6.54 Å². The van der Waals surface area contributed by atoms with Crippen LogP contribution in [-0.4, -0.2) is 25.7 Å². The first-order valence-corrected chi connectivity index (χ1v) is 8.06. The van der Waals surface area contributed by atoms with Gasteiger partial charge in [-0.2, -0.15) is 0 Å². The SMILES string of the molecule is CN=C(NCc1ccccc1Cl)NCC1Cc2ccccc2O1.I. The molecule has 1 aliphatic rings. The van der Waals surface area contributed by atoms with E-state index >= 15 is 0 Å². The summed E-state index contributed by atoms with van der Waals surface area (Å²) in [5.74, 6) is 1.72. The Morgan fingerprint density at radius 3 is 2.67 bits per heavy atom. The lowest BCUT2D eigenvalue weighted by Crippen LogP contribution is -2.41. The molecule has 2 N–H and O–H groups in total. The molecule has 1 heterocycles. The molecule has 0 aliphatic carbocycles. The molecular weight excluding hydrogens is 437 g/mol. The Hall–Kier alpha value is -1.47. The number of hydrogen-bond acceptors (Lipinski definition) is 2. The third-order valence-corrected chi connectivity index (χ3v) is 4.21. The lowest BCUT2D eigenvalue weighted by atomic mass is 10.1. The zero-order valence-corrected chi connectivity index (χ0v) is 16.5. The summed E-state index contributed by atoms with van der Waals surface area (Å²) in [5, 5.41) is 7.33. The summed E-state index contributed by atoms with van der Waals surface area (Å²) >= 11 is 6.16. The summed E-state index contributed by atoms with van der Waals surface area (Å²) < 4.78 is 5.92. The third kappa shape index (κ3) is 4.77. The number of para-hydroxylation sites is 1. The van der Waals surface area contributed by atoms with Crippen molar-refractivity contribution in [2.75, 3.05) is 13.6 Å². The second-order valence-electron chi connectivity index (χ2n) is 5.45. The fraction of sp³-hybridized carbons (Fsp3) is 0.278. The van der Waals surface area contributed by atoms with Crippen molar-refractivity contribution in [1.29, 1.82) is 0 Å². The largest absolute Gasteiger partial charge is 0.488 e. The monoisotopic (exact) mass is 457 g/mol. The summed E-state index contributed by atoms with van der Waals surface area (Å²) in [6.45, 7) is 1.34. The minimum Gasteiger partial charge on any atom is -0.488 e. The molecule has 2 aromatic carbocycles. The van der Waals surface area contributed by atoms with E-state index in [1.807, 2.05) is 42.5 Å². The first-order chi connectivity index (χ1) is 11.3. The van der Waals surface area contributed by atoms with Gasteiger partial charge in [0, 0.05) is 25.0 Å². The van der Waals surface area contributed by atoms with Crippen LogP contribution in [0.1, 0.15) is 11.1 Å². The van der Waals surface area contributed by atoms with E-state index < -0.39 is 0 Å². The molecule has 4 nitrogen and oxygen atoms in total. The van der Waals surface area contributed by atoms with Crippen molar-refractivity contribution < 1.29 is 4.74 Å². The molecule has 0 aromatic heterocycles. The Morgan fingerprint density at radius 2 is 1.92 bits per heavy atom. The number of fused-ring (bicyclic) bond motifs is 1. The normalized spacial score (nSPS) is 15.9. The minimum absolute atomic E-state index is 0. The second-order valence-corrected chi connectivity index (χ2v) is 5.86. The third-order valence-electron chi connectivity index (χ3n) is 3.84. The van der Waals surface area contributed by atoms with Gasteiger partial charge in [0.15, 0.2) is 5.96 Å². The lowest BCUT2D eigenvalue weighted by molar-refractivity contribution is 0.235. The average molecular weight is 458 g/mol. The van der Waals surface area contributed by atoms with Gasteiger partial charge in [0.1, 0.15) is 11.9 Å². The van der Waals surface area contributed by atoms with Crippen LogP contribution in [-0.2, 0) is 13.0 Å². The van der Waals surface area contributed by atoms with Gasteiger partial charge in [-0.05, 0) is 23.3 Å². The van der Waals surface area contributed by atoms with Crippen LogP contribution in [0.4, 0.5) is 0 Å². The molecule has 0 saturated heterocycles. The standard InChI is InChI=1S/C18H20ClN3O.HI/c1-20-18(21-11-14-7-2-4-8-16(14)19)22-12-15-10-13-6-3-5-9-17(13)23-15;/h2-9,15H,10-12H2,1H3,(H2,20,21,22);1H. The van der Waals surface area contributed by atoms with Crippen molar-refractivity contribution in [3.05, 3.63) is 64.7 Å². The number of hydrogen-bond donors (Lipinski definition) is 2. The highest BCUT2D eigenvalue weighted by molar-refractivity contribution is 14.0. The maximum absolute atomic E-state index is 6.16. The van der Waals surface area contributed by atoms with E-state index in [-0.39, 0.29) is 30.1 Å². The van der Waals surface area contributed by atoms with Gasteiger partial charge in [-0.15, -0.1) is 24.0 Å². The van der Waals surface area contributed by atoms with Crippen molar-refractivity contribution >= 4 is 41.5 Å². The molecule has 1 unspecified atom stereocenters. The molecule has 0 spiro atoms. The van der Waals surface area contributed by atoms with Crippen molar-refractivity contribution in [3.8, 4) is 5.75 Å². The molecule has 3 rings (SSSR count). The first kappa shape index (κ1) is 18.9.